The summed E-state index contributed by atoms with van der Waals surface area (Å²) in [7, 11) is 3.00. The van der Waals surface area contributed by atoms with Crippen LogP contribution in [0.1, 0.15) is 11.6 Å². The van der Waals surface area contributed by atoms with Crippen LogP contribution in [0.5, 0.6) is 0 Å². The number of benzene rings is 1. The zero-order valence-corrected chi connectivity index (χ0v) is 17.1. The molecule has 1 aromatic rings. The maximum atomic E-state index is 11.8. The number of anilines is 1. The van der Waals surface area contributed by atoms with Gasteiger partial charge in [0.1, 0.15) is 36.9 Å². The molecule has 0 saturated carbocycles. The van der Waals surface area contributed by atoms with Gasteiger partial charge in [-0.25, -0.2) is 13.1 Å². The lowest BCUT2D eigenvalue weighted by molar-refractivity contribution is -1.02. The van der Waals surface area contributed by atoms with E-state index >= 15 is 0 Å². The molecule has 1 saturated heterocycles. The van der Waals surface area contributed by atoms with Crippen molar-refractivity contribution < 1.29 is 18.2 Å². The van der Waals surface area contributed by atoms with Gasteiger partial charge in [0.2, 0.25) is 10.0 Å². The van der Waals surface area contributed by atoms with Crippen molar-refractivity contribution in [3.63, 3.8) is 0 Å². The summed E-state index contributed by atoms with van der Waals surface area (Å²) in [6, 6.07) is 8.59. The van der Waals surface area contributed by atoms with Gasteiger partial charge < -0.3 is 14.7 Å². The number of halogens is 1. The Kier molecular flexibility index (Phi) is 7.06. The van der Waals surface area contributed by atoms with Crippen LogP contribution in [0.4, 0.5) is 5.69 Å². The van der Waals surface area contributed by atoms with Crippen molar-refractivity contribution in [1.29, 1.82) is 0 Å². The Morgan fingerprint density at radius 2 is 1.75 bits per heavy atom. The van der Waals surface area contributed by atoms with Crippen molar-refractivity contribution in [2.24, 2.45) is 0 Å². The highest BCUT2D eigenvalue weighted by molar-refractivity contribution is 9.10. The van der Waals surface area contributed by atoms with Crippen molar-refractivity contribution >= 4 is 31.6 Å². The molecule has 1 aliphatic heterocycles. The molecule has 1 aromatic carbocycles. The van der Waals surface area contributed by atoms with Crippen molar-refractivity contribution in [3.05, 3.63) is 29.8 Å². The minimum Gasteiger partial charge on any atom is -0.378 e. The minimum absolute atomic E-state index is 0.0610. The van der Waals surface area contributed by atoms with Gasteiger partial charge in [0, 0.05) is 25.3 Å². The summed E-state index contributed by atoms with van der Waals surface area (Å²) in [5.41, 5.74) is 2.34. The number of rotatable bonds is 7. The summed E-state index contributed by atoms with van der Waals surface area (Å²) in [5.74, 6) is 0. The molecule has 0 amide bonds. The third-order valence-corrected chi connectivity index (χ3v) is 7.40. The lowest BCUT2D eigenvalue weighted by atomic mass is 10.0. The Bertz CT molecular complexity index is 613. The van der Waals surface area contributed by atoms with Gasteiger partial charge in [-0.3, -0.25) is 0 Å². The van der Waals surface area contributed by atoms with Crippen LogP contribution in [0.25, 0.3) is 0 Å². The van der Waals surface area contributed by atoms with E-state index in [9.17, 15) is 8.42 Å². The number of hydrogen-bond acceptors (Lipinski definition) is 3. The Morgan fingerprint density at radius 1 is 1.17 bits per heavy atom. The summed E-state index contributed by atoms with van der Waals surface area (Å²) >= 11 is 3.04. The van der Waals surface area contributed by atoms with Gasteiger partial charge in [0.25, 0.3) is 0 Å². The smallest absolute Gasteiger partial charge is 0.221 e. The Labute approximate surface area is 154 Å². The fraction of sp³-hybridized carbons (Fsp3) is 0.625. The van der Waals surface area contributed by atoms with Gasteiger partial charge in [0.05, 0.1) is 13.6 Å². The standard InChI is InChI=1S/C16H27BrN4O2S/c1-19(2)15-6-4-14(5-7-15)16(12-18-24(22,23)13-17)21-10-8-20(3)9-11-21/h4-7,16,18H,8-13H2,1-3H3/p+2/t16-/m1/s1. The summed E-state index contributed by atoms with van der Waals surface area (Å²) in [4.78, 5) is 5.07. The lowest BCUT2D eigenvalue weighted by Crippen LogP contribution is -3.27. The molecule has 0 aromatic heterocycles. The number of alkyl halides is 1. The van der Waals surface area contributed by atoms with Crippen LogP contribution < -0.4 is 19.4 Å². The zero-order chi connectivity index (χ0) is 17.7. The molecular formula is C16H29BrN4O2S+2. The largest absolute Gasteiger partial charge is 0.378 e. The molecule has 0 aliphatic carbocycles. The topological polar surface area (TPSA) is 58.3 Å². The van der Waals surface area contributed by atoms with Gasteiger partial charge in [0.15, 0.2) is 0 Å². The molecule has 8 heteroatoms. The second kappa shape index (κ2) is 8.62. The van der Waals surface area contributed by atoms with Gasteiger partial charge in [-0.15, -0.1) is 0 Å². The first-order valence-corrected chi connectivity index (χ1v) is 11.1. The molecule has 0 radical (unpaired) electrons. The van der Waals surface area contributed by atoms with E-state index in [1.807, 2.05) is 14.1 Å². The quantitative estimate of drug-likeness (QED) is 0.469. The highest BCUT2D eigenvalue weighted by atomic mass is 79.9. The predicted octanol–water partition coefficient (Wildman–Crippen LogP) is -1.52. The maximum Gasteiger partial charge on any atom is 0.221 e. The third kappa shape index (κ3) is 5.42. The molecule has 3 N–H and O–H groups in total. The number of hydrogen-bond donors (Lipinski definition) is 3. The average Bonchev–Trinajstić information content (AvgIpc) is 2.57. The molecule has 1 heterocycles. The normalized spacial score (nSPS) is 23.0. The van der Waals surface area contributed by atoms with Crippen LogP contribution in [0, 0.1) is 0 Å². The van der Waals surface area contributed by atoms with Crippen LogP contribution >= 0.6 is 15.9 Å². The number of quaternary nitrogens is 2. The zero-order valence-electron chi connectivity index (χ0n) is 14.7. The van der Waals surface area contributed by atoms with Crippen LogP contribution in [-0.2, 0) is 10.0 Å². The molecule has 6 nitrogen and oxygen atoms in total. The third-order valence-electron chi connectivity index (χ3n) is 4.70. The number of sulfonamides is 1. The molecule has 2 rings (SSSR count). The van der Waals surface area contributed by atoms with E-state index in [2.05, 4.69) is 56.9 Å². The van der Waals surface area contributed by atoms with E-state index < -0.39 is 10.0 Å². The predicted molar refractivity (Wildman–Crippen MR) is 102 cm³/mol. The van der Waals surface area contributed by atoms with Crippen LogP contribution in [-0.4, -0.2) is 66.9 Å². The summed E-state index contributed by atoms with van der Waals surface area (Å²) in [6.07, 6.45) is 0. The first-order chi connectivity index (χ1) is 11.3. The molecular weight excluding hydrogens is 392 g/mol. The van der Waals surface area contributed by atoms with E-state index in [0.717, 1.165) is 31.9 Å². The van der Waals surface area contributed by atoms with E-state index in [1.54, 1.807) is 4.90 Å². The molecule has 1 fully saturated rings. The summed E-state index contributed by atoms with van der Waals surface area (Å²) in [6.45, 7) is 4.78. The molecule has 0 spiro atoms. The minimum atomic E-state index is -3.25. The molecule has 136 valence electrons. The van der Waals surface area contributed by atoms with E-state index in [1.165, 1.54) is 10.5 Å². The molecule has 1 atom stereocenters. The fourth-order valence-corrected chi connectivity index (χ4v) is 4.08. The average molecular weight is 421 g/mol. The Hall–Kier alpha value is -0.670. The van der Waals surface area contributed by atoms with Crippen molar-refractivity contribution in [2.75, 3.05) is 63.4 Å². The van der Waals surface area contributed by atoms with Crippen molar-refractivity contribution in [1.82, 2.24) is 4.72 Å². The molecule has 24 heavy (non-hydrogen) atoms. The van der Waals surface area contributed by atoms with Gasteiger partial charge in [-0.2, -0.15) is 0 Å². The monoisotopic (exact) mass is 420 g/mol. The second-order valence-electron chi connectivity index (χ2n) is 6.73. The van der Waals surface area contributed by atoms with E-state index in [4.69, 9.17) is 0 Å². The van der Waals surface area contributed by atoms with Crippen molar-refractivity contribution in [3.8, 4) is 0 Å². The van der Waals surface area contributed by atoms with Crippen LogP contribution in [0.15, 0.2) is 24.3 Å². The first kappa shape index (κ1) is 19.7. The number of nitrogens with one attached hydrogen (secondary N) is 3. The van der Waals surface area contributed by atoms with Crippen LogP contribution in [0.3, 0.4) is 0 Å². The molecule has 0 unspecified atom stereocenters. The number of likely N-dealkylation sites (N-methyl/N-ethyl adjacent to an activating group) is 1. The maximum absolute atomic E-state index is 11.8. The number of piperazine rings is 1. The van der Waals surface area contributed by atoms with Crippen molar-refractivity contribution in [2.45, 2.75) is 6.04 Å². The number of nitrogens with zero attached hydrogens (tertiary/aromatic N) is 1. The Balaban J connectivity index is 2.18. The fourth-order valence-electron chi connectivity index (χ4n) is 3.10. The summed E-state index contributed by atoms with van der Waals surface area (Å²) in [5, 5.41) is 0. The second-order valence-corrected chi connectivity index (χ2v) is 9.84. The highest BCUT2D eigenvalue weighted by Gasteiger charge is 2.30. The lowest BCUT2D eigenvalue weighted by Gasteiger charge is -2.33. The Morgan fingerprint density at radius 3 is 2.25 bits per heavy atom. The first-order valence-electron chi connectivity index (χ1n) is 8.29. The summed E-state index contributed by atoms with van der Waals surface area (Å²) < 4.78 is 26.4. The van der Waals surface area contributed by atoms with Gasteiger partial charge in [-0.1, -0.05) is 28.1 Å². The van der Waals surface area contributed by atoms with E-state index in [-0.39, 0.29) is 10.7 Å². The highest BCUT2D eigenvalue weighted by Crippen LogP contribution is 2.16. The van der Waals surface area contributed by atoms with Gasteiger partial charge in [-0.05, 0) is 12.1 Å². The van der Waals surface area contributed by atoms with E-state index in [0.29, 0.717) is 6.54 Å². The van der Waals surface area contributed by atoms with Gasteiger partial charge >= 0.3 is 0 Å². The molecule has 0 bridgehead atoms. The SMILES string of the molecule is CN(C)c1ccc([C@@H](CNS(=O)(=O)CBr)[NH+]2CC[NH+](C)CC2)cc1. The molecule has 1 aliphatic rings. The van der Waals surface area contributed by atoms with Crippen LogP contribution in [0.2, 0.25) is 0 Å².